The summed E-state index contributed by atoms with van der Waals surface area (Å²) in [5.41, 5.74) is 2.31. The number of halogens is 1. The molecule has 2 N–H and O–H groups in total. The molecule has 0 bridgehead atoms. The van der Waals surface area contributed by atoms with Crippen molar-refractivity contribution in [2.75, 3.05) is 64.0 Å². The van der Waals surface area contributed by atoms with Crippen molar-refractivity contribution >= 4 is 51.4 Å². The molecule has 11 heteroatoms. The summed E-state index contributed by atoms with van der Waals surface area (Å²) in [6.45, 7) is 7.77. The number of hydrogen-bond donors (Lipinski definition) is 2. The van der Waals surface area contributed by atoms with E-state index >= 15 is 0 Å². The van der Waals surface area contributed by atoms with Crippen LogP contribution in [0.2, 0.25) is 0 Å². The quantitative estimate of drug-likeness (QED) is 0.0704. The Balaban J connectivity index is 1.33. The summed E-state index contributed by atoms with van der Waals surface area (Å²) < 4.78 is 16.3. The van der Waals surface area contributed by atoms with Gasteiger partial charge in [0.25, 0.3) is 0 Å². The molecule has 0 spiro atoms. The third kappa shape index (κ3) is 8.85. The van der Waals surface area contributed by atoms with E-state index in [1.807, 2.05) is 7.05 Å². The molecular weight excluding hydrogens is 558 g/mol. The number of alkyl carbamates (subject to hydrolysis) is 1. The maximum atomic E-state index is 12.0. The lowest BCUT2D eigenvalue weighted by Gasteiger charge is -2.20. The zero-order chi connectivity index (χ0) is 28.3. The van der Waals surface area contributed by atoms with Gasteiger partial charge in [-0.1, -0.05) is 26.7 Å². The summed E-state index contributed by atoms with van der Waals surface area (Å²) in [6, 6.07) is 6.02. The number of aliphatic hydroxyl groups is 1. The van der Waals surface area contributed by atoms with Crippen molar-refractivity contribution in [1.29, 1.82) is 5.26 Å². The lowest BCUT2D eigenvalue weighted by molar-refractivity contribution is 0.0469. The van der Waals surface area contributed by atoms with Crippen LogP contribution in [0.25, 0.3) is 15.8 Å². The van der Waals surface area contributed by atoms with Crippen LogP contribution in [0.3, 0.4) is 0 Å². The van der Waals surface area contributed by atoms with Crippen LogP contribution < -0.4 is 10.2 Å². The number of carbonyl (C=O) groups excluding carboxylic acids is 1. The normalized spacial score (nSPS) is 13.6. The van der Waals surface area contributed by atoms with Gasteiger partial charge in [0.1, 0.15) is 12.7 Å². The minimum atomic E-state index is -0.459. The van der Waals surface area contributed by atoms with Crippen molar-refractivity contribution < 1.29 is 24.1 Å². The molecule has 214 valence electrons. The number of nitrogens with zero attached hydrogens (tertiary/aromatic N) is 2. The predicted molar refractivity (Wildman–Crippen MR) is 159 cm³/mol. The molecular formula is C28H38ClN3O5S2. The maximum Gasteiger partial charge on any atom is 0.407 e. The molecule has 0 aromatic carbocycles. The maximum absolute atomic E-state index is 12.0. The van der Waals surface area contributed by atoms with E-state index in [1.165, 1.54) is 27.0 Å². The summed E-state index contributed by atoms with van der Waals surface area (Å²) in [6.07, 6.45) is 5.42. The number of anilines is 1. The molecule has 8 nitrogen and oxygen atoms in total. The van der Waals surface area contributed by atoms with Crippen LogP contribution in [-0.2, 0) is 19.6 Å². The van der Waals surface area contributed by atoms with Crippen LogP contribution >= 0.6 is 34.3 Å². The van der Waals surface area contributed by atoms with Crippen LogP contribution in [0.4, 0.5) is 9.80 Å². The van der Waals surface area contributed by atoms with Crippen LogP contribution in [0.5, 0.6) is 0 Å². The van der Waals surface area contributed by atoms with Gasteiger partial charge >= 0.3 is 6.09 Å². The average molecular weight is 596 g/mol. The second-order valence-corrected chi connectivity index (χ2v) is 12.3. The van der Waals surface area contributed by atoms with Gasteiger partial charge in [0.2, 0.25) is 0 Å². The molecule has 3 rings (SSSR count). The highest BCUT2D eigenvalue weighted by atomic mass is 35.5. The number of unbranched alkanes of at least 4 members (excludes halogenated alkanes) is 3. The topological polar surface area (TPSA) is 104 Å². The number of ether oxygens (including phenoxy) is 3. The minimum Gasteiger partial charge on any atom is -0.499 e. The van der Waals surface area contributed by atoms with E-state index < -0.39 is 6.09 Å². The van der Waals surface area contributed by atoms with Gasteiger partial charge in [-0.3, -0.25) is 0 Å². The van der Waals surface area contributed by atoms with E-state index in [1.54, 1.807) is 28.7 Å². The van der Waals surface area contributed by atoms with Crippen LogP contribution in [0.1, 0.15) is 55.5 Å². The van der Waals surface area contributed by atoms with Gasteiger partial charge < -0.3 is 29.5 Å². The van der Waals surface area contributed by atoms with Gasteiger partial charge in [-0.25, -0.2) is 4.79 Å². The van der Waals surface area contributed by atoms with E-state index in [0.29, 0.717) is 32.9 Å². The number of rotatable bonds is 17. The fourth-order valence-corrected chi connectivity index (χ4v) is 7.17. The molecule has 0 fully saturated rings. The number of allylic oxidation sites excluding steroid dienone is 1. The van der Waals surface area contributed by atoms with E-state index in [2.05, 4.69) is 36.2 Å². The Kier molecular flexibility index (Phi) is 12.4. The van der Waals surface area contributed by atoms with Crippen LogP contribution in [0, 0.1) is 11.3 Å². The minimum absolute atomic E-state index is 0.167. The molecule has 1 amide bonds. The lowest BCUT2D eigenvalue weighted by atomic mass is 9.84. The first-order valence-corrected chi connectivity index (χ1v) is 15.4. The third-order valence-electron chi connectivity index (χ3n) is 6.51. The van der Waals surface area contributed by atoms with Gasteiger partial charge in [0.15, 0.2) is 5.76 Å². The summed E-state index contributed by atoms with van der Waals surface area (Å²) in [5.74, 6) is 0.432. The molecule has 0 saturated carbocycles. The number of carbonyl (C=O) groups is 1. The first-order chi connectivity index (χ1) is 18.8. The van der Waals surface area contributed by atoms with Crippen molar-refractivity contribution in [2.24, 2.45) is 0 Å². The third-order valence-corrected chi connectivity index (χ3v) is 9.28. The molecule has 0 radical (unpaired) electrons. The molecule has 1 aliphatic carbocycles. The molecule has 2 heterocycles. The first kappa shape index (κ1) is 31.2. The molecule has 2 aromatic rings. The molecule has 2 aromatic heterocycles. The van der Waals surface area contributed by atoms with Crippen molar-refractivity contribution in [1.82, 2.24) is 5.32 Å². The van der Waals surface area contributed by atoms with E-state index in [-0.39, 0.29) is 17.8 Å². The number of aliphatic hydroxyl groups excluding tert-OH is 1. The number of nitrogens with one attached hydrogen (secondary N) is 1. The zero-order valence-electron chi connectivity index (χ0n) is 22.9. The number of alkyl halides is 1. The van der Waals surface area contributed by atoms with E-state index in [9.17, 15) is 9.90 Å². The standard InChI is InChI=1S/C28H38ClN3O5S2/c1-28(2)22-17-21(16-20(33)19-30)38-25(22)26-23(28)18-24(39-26)32(3)10-13-37-27(34)31-9-12-36-15-14-35-11-7-5-4-6-8-29/h16-18,33H,4-15H2,1-3H3,(H,31,34)/b20-16+. The van der Waals surface area contributed by atoms with Crippen molar-refractivity contribution in [2.45, 2.75) is 44.9 Å². The Bertz CT molecular complexity index is 1150. The fourth-order valence-electron chi connectivity index (χ4n) is 4.26. The highest BCUT2D eigenvalue weighted by molar-refractivity contribution is 7.25. The van der Waals surface area contributed by atoms with Crippen molar-refractivity contribution in [3.8, 4) is 15.8 Å². The highest BCUT2D eigenvalue weighted by Crippen LogP contribution is 2.57. The largest absolute Gasteiger partial charge is 0.499 e. The number of nitriles is 1. The van der Waals surface area contributed by atoms with Gasteiger partial charge in [0.05, 0.1) is 36.2 Å². The molecule has 0 unspecified atom stereocenters. The number of amides is 1. The molecule has 39 heavy (non-hydrogen) atoms. The molecule has 0 aliphatic heterocycles. The van der Waals surface area contributed by atoms with Gasteiger partial charge in [-0.2, -0.15) is 5.26 Å². The Morgan fingerprint density at radius 3 is 2.51 bits per heavy atom. The molecule has 0 atom stereocenters. The zero-order valence-corrected chi connectivity index (χ0v) is 25.3. The van der Waals surface area contributed by atoms with Crippen LogP contribution in [0.15, 0.2) is 17.9 Å². The Hall–Kier alpha value is -2.29. The number of fused-ring (bicyclic) bond motifs is 3. The highest BCUT2D eigenvalue weighted by Gasteiger charge is 2.39. The Morgan fingerprint density at radius 1 is 1.08 bits per heavy atom. The number of likely N-dealkylation sites (N-methyl/N-ethyl adjacent to an activating group) is 1. The number of hydrogen-bond acceptors (Lipinski definition) is 9. The smallest absolute Gasteiger partial charge is 0.407 e. The SMILES string of the molecule is CN(CCOC(=O)NCCOCCOCCCCCCCl)c1cc2c(s1)-c1sc(/C=C(/O)C#N)cc1C2(C)C. The second kappa shape index (κ2) is 15.5. The van der Waals surface area contributed by atoms with Crippen LogP contribution in [-0.4, -0.2) is 70.3 Å². The van der Waals surface area contributed by atoms with Gasteiger partial charge in [0, 0.05) is 47.3 Å². The number of thiophene rings is 2. The summed E-state index contributed by atoms with van der Waals surface area (Å²) in [7, 11) is 1.99. The van der Waals surface area contributed by atoms with Gasteiger partial charge in [-0.15, -0.1) is 34.3 Å². The van der Waals surface area contributed by atoms with Gasteiger partial charge in [-0.05, 0) is 36.1 Å². The lowest BCUT2D eigenvalue weighted by Crippen LogP contribution is -2.31. The fraction of sp³-hybridized carbons (Fsp3) is 0.571. The van der Waals surface area contributed by atoms with E-state index in [4.69, 9.17) is 31.1 Å². The van der Waals surface area contributed by atoms with Crippen molar-refractivity contribution in [3.63, 3.8) is 0 Å². The average Bonchev–Trinajstić information content (AvgIpc) is 3.58. The Morgan fingerprint density at radius 2 is 1.77 bits per heavy atom. The Labute approximate surface area is 244 Å². The molecule has 0 saturated heterocycles. The summed E-state index contributed by atoms with van der Waals surface area (Å²) in [5, 5.41) is 22.3. The van der Waals surface area contributed by atoms with Crippen molar-refractivity contribution in [3.05, 3.63) is 33.9 Å². The van der Waals surface area contributed by atoms with E-state index in [0.717, 1.165) is 48.0 Å². The second-order valence-electron chi connectivity index (χ2n) is 9.80. The monoisotopic (exact) mass is 595 g/mol. The first-order valence-electron chi connectivity index (χ1n) is 13.2. The summed E-state index contributed by atoms with van der Waals surface area (Å²) in [4.78, 5) is 17.3. The predicted octanol–water partition coefficient (Wildman–Crippen LogP) is 6.53. The molecule has 1 aliphatic rings. The summed E-state index contributed by atoms with van der Waals surface area (Å²) >= 11 is 8.94.